The fraction of sp³-hybridized carbons (Fsp3) is 0.250. The molecule has 1 unspecified atom stereocenters. The average Bonchev–Trinajstić information content (AvgIpc) is 2.06. The zero-order valence-corrected chi connectivity index (χ0v) is 5.30. The van der Waals surface area contributed by atoms with Gasteiger partial charge in [-0.1, -0.05) is 20.8 Å². The van der Waals surface area contributed by atoms with Crippen molar-refractivity contribution in [3.05, 3.63) is 11.1 Å². The van der Waals surface area contributed by atoms with Gasteiger partial charge in [-0.05, 0) is 18.1 Å². The molecule has 1 heterocycles. The first-order valence-electron chi connectivity index (χ1n) is 1.78. The molecule has 2 heteroatoms. The molecule has 0 aliphatic carbocycles. The van der Waals surface area contributed by atoms with E-state index in [1.165, 1.54) is 5.31 Å². The molecule has 0 fully saturated rings. The van der Waals surface area contributed by atoms with E-state index in [0.29, 0.717) is 0 Å². The van der Waals surface area contributed by atoms with Gasteiger partial charge in [-0.2, -0.15) is 0 Å². The maximum absolute atomic E-state index is 4.82. The van der Waals surface area contributed by atoms with Gasteiger partial charge in [0.05, 0.1) is 0 Å². The van der Waals surface area contributed by atoms with Crippen LogP contribution in [0.4, 0.5) is 0 Å². The van der Waals surface area contributed by atoms with E-state index in [9.17, 15) is 0 Å². The molecule has 1 rings (SSSR count). The van der Waals surface area contributed by atoms with Crippen molar-refractivity contribution in [1.82, 2.24) is 0 Å². The SMILES string of the molecule is CC(=S)C1=CP1. The topological polar surface area (TPSA) is 0 Å². The molecule has 0 N–H and O–H groups in total. The highest BCUT2D eigenvalue weighted by atomic mass is 32.1. The van der Waals surface area contributed by atoms with Crippen LogP contribution in [0.2, 0.25) is 0 Å². The van der Waals surface area contributed by atoms with Crippen LogP contribution in [0, 0.1) is 0 Å². The summed E-state index contributed by atoms with van der Waals surface area (Å²) in [7, 11) is 0.955. The average molecular weight is 116 g/mol. The van der Waals surface area contributed by atoms with Crippen molar-refractivity contribution >= 4 is 25.7 Å². The van der Waals surface area contributed by atoms with Crippen molar-refractivity contribution < 1.29 is 0 Å². The summed E-state index contributed by atoms with van der Waals surface area (Å²) < 4.78 is 0. The third-order valence-corrected chi connectivity index (χ3v) is 2.02. The lowest BCUT2D eigenvalue weighted by Gasteiger charge is -1.75. The molecule has 1 atom stereocenters. The number of hydrogen-bond donors (Lipinski definition) is 0. The number of thiocarbonyl (C=S) groups is 1. The van der Waals surface area contributed by atoms with E-state index >= 15 is 0 Å². The van der Waals surface area contributed by atoms with Gasteiger partial charge >= 0.3 is 0 Å². The molecular weight excluding hydrogens is 111 g/mol. The minimum Gasteiger partial charge on any atom is -0.0845 e. The van der Waals surface area contributed by atoms with Crippen LogP contribution >= 0.6 is 20.8 Å². The standard InChI is InChI=1S/C4H5PS/c1-3(6)4-2-5-4/h2,5H,1H3. The second-order valence-electron chi connectivity index (χ2n) is 1.26. The lowest BCUT2D eigenvalue weighted by Crippen LogP contribution is -1.72. The van der Waals surface area contributed by atoms with E-state index < -0.39 is 0 Å². The van der Waals surface area contributed by atoms with Crippen LogP contribution in [0.5, 0.6) is 0 Å². The number of rotatable bonds is 1. The molecule has 1 aliphatic rings. The first-order chi connectivity index (χ1) is 2.80. The predicted octanol–water partition coefficient (Wildman–Crippen LogP) is 1.91. The number of hydrogen-bond acceptors (Lipinski definition) is 1. The minimum absolute atomic E-state index is 0.955. The van der Waals surface area contributed by atoms with E-state index in [-0.39, 0.29) is 0 Å². The van der Waals surface area contributed by atoms with Gasteiger partial charge in [0.25, 0.3) is 0 Å². The fourth-order valence-corrected chi connectivity index (χ4v) is 1.07. The van der Waals surface area contributed by atoms with Gasteiger partial charge in [0.1, 0.15) is 0 Å². The van der Waals surface area contributed by atoms with E-state index in [1.54, 1.807) is 0 Å². The third kappa shape index (κ3) is 0.859. The first kappa shape index (κ1) is 4.42. The van der Waals surface area contributed by atoms with Gasteiger partial charge in [-0.3, -0.25) is 0 Å². The molecule has 0 saturated heterocycles. The monoisotopic (exact) mass is 116 g/mol. The van der Waals surface area contributed by atoms with Gasteiger partial charge in [0, 0.05) is 4.86 Å². The van der Waals surface area contributed by atoms with E-state index in [4.69, 9.17) is 12.2 Å². The van der Waals surface area contributed by atoms with Gasteiger partial charge < -0.3 is 0 Å². The third-order valence-electron chi connectivity index (χ3n) is 0.668. The Morgan fingerprint density at radius 3 is 2.50 bits per heavy atom. The lowest BCUT2D eigenvalue weighted by atomic mass is 10.5. The van der Waals surface area contributed by atoms with Crippen molar-refractivity contribution in [2.45, 2.75) is 6.92 Å². The van der Waals surface area contributed by atoms with E-state index in [2.05, 4.69) is 5.82 Å². The van der Waals surface area contributed by atoms with Crippen LogP contribution in [0.3, 0.4) is 0 Å². The normalized spacial score (nSPS) is 20.5. The molecular formula is C4H5PS. The highest BCUT2D eigenvalue weighted by molar-refractivity contribution is 7.82. The molecule has 1 aliphatic heterocycles. The van der Waals surface area contributed by atoms with E-state index in [1.807, 2.05) is 6.92 Å². The highest BCUT2D eigenvalue weighted by Gasteiger charge is 2.06. The molecule has 0 radical (unpaired) electrons. The van der Waals surface area contributed by atoms with Crippen molar-refractivity contribution in [3.63, 3.8) is 0 Å². The van der Waals surface area contributed by atoms with Crippen LogP contribution in [-0.4, -0.2) is 4.86 Å². The Balaban J connectivity index is 2.52. The van der Waals surface area contributed by atoms with Crippen LogP contribution in [0.15, 0.2) is 11.1 Å². The maximum Gasteiger partial charge on any atom is 0.0198 e. The smallest absolute Gasteiger partial charge is 0.0198 e. The second kappa shape index (κ2) is 1.40. The van der Waals surface area contributed by atoms with Crippen LogP contribution in [0.25, 0.3) is 0 Å². The summed E-state index contributed by atoms with van der Waals surface area (Å²) in [4.78, 5) is 1.08. The summed E-state index contributed by atoms with van der Waals surface area (Å²) >= 11 is 4.82. The number of allylic oxidation sites excluding steroid dienone is 1. The molecule has 0 aromatic heterocycles. The van der Waals surface area contributed by atoms with Crippen molar-refractivity contribution in [2.75, 3.05) is 0 Å². The van der Waals surface area contributed by atoms with Crippen LogP contribution in [0.1, 0.15) is 6.92 Å². The Kier molecular flexibility index (Phi) is 1.03. The Bertz CT molecular complexity index is 115. The summed E-state index contributed by atoms with van der Waals surface area (Å²) in [6, 6.07) is 0. The van der Waals surface area contributed by atoms with Crippen molar-refractivity contribution in [2.24, 2.45) is 0 Å². The molecule has 0 saturated carbocycles. The zero-order valence-electron chi connectivity index (χ0n) is 3.49. The van der Waals surface area contributed by atoms with Crippen LogP contribution in [-0.2, 0) is 0 Å². The van der Waals surface area contributed by atoms with Gasteiger partial charge in [0.2, 0.25) is 0 Å². The minimum atomic E-state index is 0.955. The van der Waals surface area contributed by atoms with Crippen molar-refractivity contribution in [3.8, 4) is 0 Å². The molecule has 0 nitrogen and oxygen atoms in total. The predicted molar refractivity (Wildman–Crippen MR) is 34.7 cm³/mol. The molecule has 0 bridgehead atoms. The molecule has 0 aromatic rings. The van der Waals surface area contributed by atoms with Gasteiger partial charge in [-0.15, -0.1) is 0 Å². The molecule has 0 aromatic carbocycles. The first-order valence-corrected chi connectivity index (χ1v) is 3.27. The Labute approximate surface area is 44.4 Å². The second-order valence-corrected chi connectivity index (χ2v) is 2.99. The summed E-state index contributed by atoms with van der Waals surface area (Å²) in [6.07, 6.45) is 0. The van der Waals surface area contributed by atoms with Crippen molar-refractivity contribution in [1.29, 1.82) is 0 Å². The Hall–Kier alpha value is 0.260. The lowest BCUT2D eigenvalue weighted by molar-refractivity contribution is 2.01. The van der Waals surface area contributed by atoms with Gasteiger partial charge in [0.15, 0.2) is 0 Å². The molecule has 0 amide bonds. The quantitative estimate of drug-likeness (QED) is 0.372. The largest absolute Gasteiger partial charge is 0.0845 e. The molecule has 32 valence electrons. The Morgan fingerprint density at radius 1 is 2.00 bits per heavy atom. The summed E-state index contributed by atoms with van der Waals surface area (Å²) in [5.74, 6) is 2.17. The van der Waals surface area contributed by atoms with E-state index in [0.717, 1.165) is 13.4 Å². The van der Waals surface area contributed by atoms with Gasteiger partial charge in [-0.25, -0.2) is 0 Å². The maximum atomic E-state index is 4.82. The highest BCUT2D eigenvalue weighted by Crippen LogP contribution is 2.42. The van der Waals surface area contributed by atoms with Crippen LogP contribution < -0.4 is 0 Å². The summed E-state index contributed by atoms with van der Waals surface area (Å²) in [6.45, 7) is 1.97. The molecule has 6 heavy (non-hydrogen) atoms. The fourth-order valence-electron chi connectivity index (χ4n) is 0.239. The zero-order chi connectivity index (χ0) is 4.57. The summed E-state index contributed by atoms with van der Waals surface area (Å²) in [5.41, 5.74) is 0. The summed E-state index contributed by atoms with van der Waals surface area (Å²) in [5, 5.41) is 1.39. The Morgan fingerprint density at radius 2 is 2.50 bits per heavy atom. The molecule has 0 spiro atoms.